The van der Waals surface area contributed by atoms with Gasteiger partial charge < -0.3 is 14.2 Å². The van der Waals surface area contributed by atoms with Gasteiger partial charge in [0.15, 0.2) is 6.10 Å². The third-order valence-corrected chi connectivity index (χ3v) is 12.7. The quantitative estimate of drug-likeness (QED) is 0.0262. The van der Waals surface area contributed by atoms with Crippen LogP contribution in [0.1, 0.15) is 297 Å². The van der Waals surface area contributed by atoms with E-state index in [0.29, 0.717) is 19.3 Å². The van der Waals surface area contributed by atoms with Gasteiger partial charge in [0.1, 0.15) is 13.2 Å². The van der Waals surface area contributed by atoms with E-state index in [1.807, 2.05) is 0 Å². The van der Waals surface area contributed by atoms with E-state index in [2.05, 4.69) is 81.5 Å². The second-order valence-electron chi connectivity index (χ2n) is 19.5. The Labute approximate surface area is 421 Å². The zero-order valence-electron chi connectivity index (χ0n) is 45.1. The fourth-order valence-corrected chi connectivity index (χ4v) is 8.38. The van der Waals surface area contributed by atoms with Gasteiger partial charge in [0.05, 0.1) is 0 Å². The third kappa shape index (κ3) is 54.1. The van der Waals surface area contributed by atoms with Gasteiger partial charge in [0, 0.05) is 19.3 Å². The van der Waals surface area contributed by atoms with Crippen LogP contribution in [0.3, 0.4) is 0 Å². The molecule has 0 amide bonds. The van der Waals surface area contributed by atoms with E-state index < -0.39 is 6.10 Å². The first-order chi connectivity index (χ1) is 33.5. The molecule has 0 bridgehead atoms. The van der Waals surface area contributed by atoms with Crippen molar-refractivity contribution in [1.29, 1.82) is 0 Å². The highest BCUT2D eigenvalue weighted by Crippen LogP contribution is 2.17. The van der Waals surface area contributed by atoms with Gasteiger partial charge in [0.25, 0.3) is 0 Å². The van der Waals surface area contributed by atoms with Crippen LogP contribution in [-0.4, -0.2) is 37.2 Å². The summed E-state index contributed by atoms with van der Waals surface area (Å²) in [6.45, 7) is 6.45. The van der Waals surface area contributed by atoms with Gasteiger partial charge in [-0.05, 0) is 77.0 Å². The van der Waals surface area contributed by atoms with Crippen molar-refractivity contribution in [3.05, 3.63) is 60.8 Å². The molecule has 0 heterocycles. The van der Waals surface area contributed by atoms with Crippen molar-refractivity contribution in [2.75, 3.05) is 13.2 Å². The maximum Gasteiger partial charge on any atom is 0.306 e. The van der Waals surface area contributed by atoms with E-state index in [-0.39, 0.29) is 37.5 Å². The van der Waals surface area contributed by atoms with Crippen LogP contribution >= 0.6 is 0 Å². The number of ether oxygens (including phenoxy) is 3. The first kappa shape index (κ1) is 65.1. The summed E-state index contributed by atoms with van der Waals surface area (Å²) < 4.78 is 16.8. The number of allylic oxidation sites excluding steroid dienone is 10. The van der Waals surface area contributed by atoms with Crippen molar-refractivity contribution in [1.82, 2.24) is 0 Å². The molecule has 0 aromatic rings. The van der Waals surface area contributed by atoms with Crippen LogP contribution in [0, 0.1) is 0 Å². The van der Waals surface area contributed by atoms with Crippen molar-refractivity contribution < 1.29 is 28.6 Å². The predicted molar refractivity (Wildman–Crippen MR) is 293 cm³/mol. The van der Waals surface area contributed by atoms with Crippen LogP contribution in [0.25, 0.3) is 0 Å². The minimum Gasteiger partial charge on any atom is -0.462 e. The summed E-state index contributed by atoms with van der Waals surface area (Å²) in [6, 6.07) is 0. The summed E-state index contributed by atoms with van der Waals surface area (Å²) in [4.78, 5) is 38.0. The highest BCUT2D eigenvalue weighted by Gasteiger charge is 2.19. The fourth-order valence-electron chi connectivity index (χ4n) is 8.38. The van der Waals surface area contributed by atoms with Crippen LogP contribution in [0.4, 0.5) is 0 Å². The lowest BCUT2D eigenvalue weighted by atomic mass is 10.0. The van der Waals surface area contributed by atoms with Crippen molar-refractivity contribution in [3.8, 4) is 0 Å². The number of hydrogen-bond acceptors (Lipinski definition) is 6. The second kappa shape index (κ2) is 56.7. The maximum absolute atomic E-state index is 12.8. The molecule has 0 aliphatic carbocycles. The monoisotopic (exact) mass is 951 g/mol. The van der Waals surface area contributed by atoms with E-state index >= 15 is 0 Å². The molecule has 0 aliphatic rings. The molecule has 0 aromatic carbocycles. The van der Waals surface area contributed by atoms with E-state index in [9.17, 15) is 14.4 Å². The summed E-state index contributed by atoms with van der Waals surface area (Å²) in [7, 11) is 0. The van der Waals surface area contributed by atoms with Gasteiger partial charge in [-0.1, -0.05) is 261 Å². The highest BCUT2D eigenvalue weighted by atomic mass is 16.6. The molecule has 6 heteroatoms. The molecule has 0 fully saturated rings. The van der Waals surface area contributed by atoms with E-state index in [1.54, 1.807) is 0 Å². The average Bonchev–Trinajstić information content (AvgIpc) is 3.34. The Hall–Kier alpha value is -2.89. The molecule has 0 aliphatic heterocycles. The predicted octanol–water partition coefficient (Wildman–Crippen LogP) is 19.6. The van der Waals surface area contributed by atoms with Crippen LogP contribution < -0.4 is 0 Å². The Kier molecular flexibility index (Phi) is 54.3. The number of rotatable bonds is 53. The molecule has 1 unspecified atom stereocenters. The van der Waals surface area contributed by atoms with E-state index in [1.165, 1.54) is 154 Å². The first-order valence-electron chi connectivity index (χ1n) is 29.3. The van der Waals surface area contributed by atoms with E-state index in [0.717, 1.165) is 96.3 Å². The average molecular weight is 952 g/mol. The minimum absolute atomic E-state index is 0.0913. The van der Waals surface area contributed by atoms with Gasteiger partial charge in [-0.15, -0.1) is 0 Å². The summed E-state index contributed by atoms with van der Waals surface area (Å²) in [5.41, 5.74) is 0. The lowest BCUT2D eigenvalue weighted by Gasteiger charge is -2.18. The standard InChI is InChI=1S/C62H110O6/c1-4-7-10-13-16-19-22-24-26-27-28-29-30-31-32-33-34-35-37-38-40-43-46-49-52-55-61(64)67-58-59(57-66-60(63)54-51-48-45-42-21-18-15-12-9-6-3)68-62(65)56-53-50-47-44-41-39-36-25-23-20-17-14-11-8-5-2/h8,11-12,15,17,20,25,36,41,44,59H,4-7,9-10,13-14,16,18-19,21-24,26-35,37-40,42-43,45-58H2,1-3H3/b11-8-,15-12-,20-17-,36-25-,44-41-. The Balaban J connectivity index is 4.22. The molecule has 0 saturated carbocycles. The molecule has 0 rings (SSSR count). The first-order valence-corrected chi connectivity index (χ1v) is 29.3. The molecular formula is C62H110O6. The number of esters is 3. The Morgan fingerprint density at radius 3 is 1.00 bits per heavy atom. The van der Waals surface area contributed by atoms with Crippen molar-refractivity contribution in [3.63, 3.8) is 0 Å². The second-order valence-corrected chi connectivity index (χ2v) is 19.5. The zero-order valence-corrected chi connectivity index (χ0v) is 45.1. The number of unbranched alkanes of at least 4 members (excludes halogenated alkanes) is 32. The van der Waals surface area contributed by atoms with Crippen LogP contribution in [-0.2, 0) is 28.6 Å². The molecule has 0 N–H and O–H groups in total. The van der Waals surface area contributed by atoms with Gasteiger partial charge in [-0.2, -0.15) is 0 Å². The molecule has 6 nitrogen and oxygen atoms in total. The molecule has 1 atom stereocenters. The fraction of sp³-hybridized carbons (Fsp3) is 0.790. The molecule has 0 aromatic heterocycles. The third-order valence-electron chi connectivity index (χ3n) is 12.7. The summed E-state index contributed by atoms with van der Waals surface area (Å²) in [5, 5.41) is 0. The highest BCUT2D eigenvalue weighted by molar-refractivity contribution is 5.71. The van der Waals surface area contributed by atoms with Crippen molar-refractivity contribution in [2.24, 2.45) is 0 Å². The molecular weight excluding hydrogens is 841 g/mol. The normalized spacial score (nSPS) is 12.5. The Morgan fingerprint density at radius 2 is 0.603 bits per heavy atom. The molecule has 0 saturated heterocycles. The minimum atomic E-state index is -0.797. The van der Waals surface area contributed by atoms with E-state index in [4.69, 9.17) is 14.2 Å². The number of carbonyl (C=O) groups is 3. The van der Waals surface area contributed by atoms with Crippen LogP contribution in [0.5, 0.6) is 0 Å². The molecule has 68 heavy (non-hydrogen) atoms. The Morgan fingerprint density at radius 1 is 0.309 bits per heavy atom. The summed E-state index contributed by atoms with van der Waals surface area (Å²) in [5.74, 6) is -0.935. The van der Waals surface area contributed by atoms with Crippen LogP contribution in [0.15, 0.2) is 60.8 Å². The summed E-state index contributed by atoms with van der Waals surface area (Å²) >= 11 is 0. The molecule has 0 radical (unpaired) electrons. The number of hydrogen-bond donors (Lipinski definition) is 0. The van der Waals surface area contributed by atoms with Crippen molar-refractivity contribution >= 4 is 17.9 Å². The van der Waals surface area contributed by atoms with Gasteiger partial charge in [-0.25, -0.2) is 0 Å². The maximum atomic E-state index is 12.8. The topological polar surface area (TPSA) is 78.9 Å². The molecule has 394 valence electrons. The van der Waals surface area contributed by atoms with Gasteiger partial charge in [0.2, 0.25) is 0 Å². The zero-order chi connectivity index (χ0) is 49.3. The Bertz CT molecular complexity index is 1230. The SMILES string of the molecule is CC/C=C\C/C=C\C/C=C\C/C=C\CCCCC(=O)OC(COC(=O)CCCCCCC/C=C\CCC)COC(=O)CCCCCCCCCCCCCCCCCCCCCCCCCCC. The van der Waals surface area contributed by atoms with Crippen molar-refractivity contribution in [2.45, 2.75) is 303 Å². The number of carbonyl (C=O) groups excluding carboxylic acids is 3. The smallest absolute Gasteiger partial charge is 0.306 e. The molecule has 0 spiro atoms. The van der Waals surface area contributed by atoms with Gasteiger partial charge in [-0.3, -0.25) is 14.4 Å². The van der Waals surface area contributed by atoms with Crippen LogP contribution in [0.2, 0.25) is 0 Å². The lowest BCUT2D eigenvalue weighted by Crippen LogP contribution is -2.30. The summed E-state index contributed by atoms with van der Waals surface area (Å²) in [6.07, 6.45) is 71.0. The largest absolute Gasteiger partial charge is 0.462 e. The lowest BCUT2D eigenvalue weighted by molar-refractivity contribution is -0.167. The van der Waals surface area contributed by atoms with Gasteiger partial charge >= 0.3 is 17.9 Å².